The van der Waals surface area contributed by atoms with Gasteiger partial charge in [0.25, 0.3) is 0 Å². The van der Waals surface area contributed by atoms with Gasteiger partial charge in [-0.2, -0.15) is 0 Å². The van der Waals surface area contributed by atoms with Crippen LogP contribution in [-0.2, 0) is 28.6 Å². The average Bonchev–Trinajstić information content (AvgIpc) is 2.64. The Morgan fingerprint density at radius 2 is 1.35 bits per heavy atom. The number of aliphatic hydroxyl groups excluding tert-OH is 1. The van der Waals surface area contributed by atoms with Gasteiger partial charge in [0.1, 0.15) is 6.61 Å². The van der Waals surface area contributed by atoms with Gasteiger partial charge in [-0.1, -0.05) is 46.5 Å². The second-order valence-electron chi connectivity index (χ2n) is 6.29. The summed E-state index contributed by atoms with van der Waals surface area (Å²) in [5.74, 6) is -3.59. The van der Waals surface area contributed by atoms with Crippen LogP contribution in [0, 0.1) is 11.8 Å². The van der Waals surface area contributed by atoms with Gasteiger partial charge in [-0.25, -0.2) is 0 Å². The van der Waals surface area contributed by atoms with Gasteiger partial charge in [-0.05, 0) is 12.8 Å². The Hall–Kier alpha value is -1.63. The third-order valence-electron chi connectivity index (χ3n) is 4.00. The second-order valence-corrected chi connectivity index (χ2v) is 6.29. The molecule has 0 aliphatic rings. The first kappa shape index (κ1) is 24.4. The Morgan fingerprint density at radius 3 is 1.88 bits per heavy atom. The summed E-state index contributed by atoms with van der Waals surface area (Å²) >= 11 is 0. The molecule has 7 heteroatoms. The van der Waals surface area contributed by atoms with Crippen molar-refractivity contribution in [2.75, 3.05) is 26.4 Å². The Kier molecular flexibility index (Phi) is 14.6. The zero-order valence-electron chi connectivity index (χ0n) is 16.3. The van der Waals surface area contributed by atoms with E-state index in [-0.39, 0.29) is 26.2 Å². The number of hydrogen-bond acceptors (Lipinski definition) is 7. The van der Waals surface area contributed by atoms with Crippen LogP contribution in [0.2, 0.25) is 0 Å². The molecular weight excluding hydrogens is 340 g/mol. The molecule has 1 N–H and O–H groups in total. The number of carbonyl (C=O) groups excluding carboxylic acids is 3. The van der Waals surface area contributed by atoms with Gasteiger partial charge in [0, 0.05) is 0 Å². The van der Waals surface area contributed by atoms with E-state index in [0.29, 0.717) is 6.61 Å². The highest BCUT2D eigenvalue weighted by molar-refractivity contribution is 5.85. The third kappa shape index (κ3) is 11.1. The van der Waals surface area contributed by atoms with E-state index in [1.165, 1.54) is 6.92 Å². The summed E-state index contributed by atoms with van der Waals surface area (Å²) in [7, 11) is 0. The maximum atomic E-state index is 12.4. The van der Waals surface area contributed by atoms with Gasteiger partial charge >= 0.3 is 17.9 Å². The lowest BCUT2D eigenvalue weighted by atomic mass is 9.91. The Labute approximate surface area is 156 Å². The minimum atomic E-state index is -0.957. The van der Waals surface area contributed by atoms with Crippen LogP contribution >= 0.6 is 0 Å². The van der Waals surface area contributed by atoms with E-state index in [4.69, 9.17) is 19.3 Å². The molecular formula is C19H34O7. The summed E-state index contributed by atoms with van der Waals surface area (Å²) in [6.45, 7) is 5.71. The molecule has 0 radical (unpaired) electrons. The van der Waals surface area contributed by atoms with Crippen LogP contribution in [-0.4, -0.2) is 49.4 Å². The van der Waals surface area contributed by atoms with E-state index in [9.17, 15) is 14.4 Å². The van der Waals surface area contributed by atoms with E-state index in [2.05, 4.69) is 0 Å². The van der Waals surface area contributed by atoms with Gasteiger partial charge in [0.2, 0.25) is 0 Å². The van der Waals surface area contributed by atoms with Crippen molar-refractivity contribution in [1.29, 1.82) is 0 Å². The molecule has 2 unspecified atom stereocenters. The standard InChI is InChI=1S/C19H34O7/c1-4-6-8-11-24-17(21)14-16(15(3)18(22)26-13-10-20)19(23)25-12-9-7-5-2/h15-16,20H,4-14H2,1-3H3. The summed E-state index contributed by atoms with van der Waals surface area (Å²) in [4.78, 5) is 36.4. The average molecular weight is 374 g/mol. The topological polar surface area (TPSA) is 99.1 Å². The zero-order valence-corrected chi connectivity index (χ0v) is 16.3. The highest BCUT2D eigenvalue weighted by atomic mass is 16.5. The number of unbranched alkanes of at least 4 members (excludes halogenated alkanes) is 4. The van der Waals surface area contributed by atoms with Crippen molar-refractivity contribution in [2.45, 2.75) is 65.7 Å². The number of ether oxygens (including phenoxy) is 3. The van der Waals surface area contributed by atoms with Crippen molar-refractivity contribution >= 4 is 17.9 Å². The molecule has 0 amide bonds. The number of esters is 3. The van der Waals surface area contributed by atoms with E-state index < -0.39 is 29.7 Å². The van der Waals surface area contributed by atoms with Crippen LogP contribution in [0.15, 0.2) is 0 Å². The van der Waals surface area contributed by atoms with Crippen molar-refractivity contribution in [2.24, 2.45) is 11.8 Å². The van der Waals surface area contributed by atoms with Gasteiger partial charge < -0.3 is 19.3 Å². The van der Waals surface area contributed by atoms with E-state index in [0.717, 1.165) is 38.5 Å². The number of carbonyl (C=O) groups is 3. The van der Waals surface area contributed by atoms with Crippen molar-refractivity contribution < 1.29 is 33.7 Å². The SMILES string of the molecule is CCCCCOC(=O)CC(C(=O)OCCCCC)C(C)C(=O)OCCO. The first-order chi connectivity index (χ1) is 12.5. The van der Waals surface area contributed by atoms with E-state index >= 15 is 0 Å². The van der Waals surface area contributed by atoms with Gasteiger partial charge in [0.05, 0.1) is 38.1 Å². The molecule has 0 aliphatic carbocycles. The predicted octanol–water partition coefficient (Wildman–Crippen LogP) is 2.63. The molecule has 152 valence electrons. The molecule has 0 heterocycles. The summed E-state index contributed by atoms with van der Waals surface area (Å²) in [6.07, 6.45) is 5.18. The smallest absolute Gasteiger partial charge is 0.310 e. The van der Waals surface area contributed by atoms with Crippen LogP contribution in [0.3, 0.4) is 0 Å². The lowest BCUT2D eigenvalue weighted by Crippen LogP contribution is -2.33. The van der Waals surface area contributed by atoms with Crippen LogP contribution in [0.1, 0.15) is 65.7 Å². The Morgan fingerprint density at radius 1 is 0.808 bits per heavy atom. The molecule has 7 nitrogen and oxygen atoms in total. The quantitative estimate of drug-likeness (QED) is 0.267. The lowest BCUT2D eigenvalue weighted by molar-refractivity contribution is -0.164. The molecule has 0 bridgehead atoms. The maximum Gasteiger partial charge on any atom is 0.310 e. The van der Waals surface area contributed by atoms with Gasteiger partial charge in [0.15, 0.2) is 0 Å². The fourth-order valence-electron chi connectivity index (χ4n) is 2.31. The predicted molar refractivity (Wildman–Crippen MR) is 96.3 cm³/mol. The summed E-state index contributed by atoms with van der Waals surface area (Å²) in [5, 5.41) is 8.75. The minimum absolute atomic E-state index is 0.150. The molecule has 0 fully saturated rings. The molecule has 0 aliphatic heterocycles. The summed E-state index contributed by atoms with van der Waals surface area (Å²) < 4.78 is 15.2. The van der Waals surface area contributed by atoms with Gasteiger partial charge in [-0.3, -0.25) is 14.4 Å². The molecule has 0 aromatic rings. The van der Waals surface area contributed by atoms with Crippen molar-refractivity contribution in [3.05, 3.63) is 0 Å². The molecule has 0 saturated heterocycles. The minimum Gasteiger partial charge on any atom is -0.466 e. The van der Waals surface area contributed by atoms with E-state index in [1.54, 1.807) is 0 Å². The Bertz CT molecular complexity index is 409. The fraction of sp³-hybridized carbons (Fsp3) is 0.842. The second kappa shape index (κ2) is 15.6. The molecule has 0 spiro atoms. The monoisotopic (exact) mass is 374 g/mol. The molecule has 26 heavy (non-hydrogen) atoms. The van der Waals surface area contributed by atoms with Crippen molar-refractivity contribution in [3.8, 4) is 0 Å². The van der Waals surface area contributed by atoms with Crippen LogP contribution < -0.4 is 0 Å². The first-order valence-electron chi connectivity index (χ1n) is 9.57. The summed E-state index contributed by atoms with van der Waals surface area (Å²) in [5.41, 5.74) is 0. The summed E-state index contributed by atoms with van der Waals surface area (Å²) in [6, 6.07) is 0. The van der Waals surface area contributed by atoms with Crippen molar-refractivity contribution in [1.82, 2.24) is 0 Å². The molecule has 0 saturated carbocycles. The van der Waals surface area contributed by atoms with Crippen LogP contribution in [0.25, 0.3) is 0 Å². The van der Waals surface area contributed by atoms with Crippen LogP contribution in [0.5, 0.6) is 0 Å². The molecule has 0 rings (SSSR count). The third-order valence-corrected chi connectivity index (χ3v) is 4.00. The number of hydrogen-bond donors (Lipinski definition) is 1. The number of rotatable bonds is 15. The highest BCUT2D eigenvalue weighted by Gasteiger charge is 2.35. The van der Waals surface area contributed by atoms with Gasteiger partial charge in [-0.15, -0.1) is 0 Å². The van der Waals surface area contributed by atoms with Crippen LogP contribution in [0.4, 0.5) is 0 Å². The first-order valence-corrected chi connectivity index (χ1v) is 9.57. The molecule has 2 atom stereocenters. The normalized spacial score (nSPS) is 12.9. The Balaban J connectivity index is 4.72. The van der Waals surface area contributed by atoms with E-state index in [1.807, 2.05) is 13.8 Å². The number of aliphatic hydroxyl groups is 1. The zero-order chi connectivity index (χ0) is 19.8. The highest BCUT2D eigenvalue weighted by Crippen LogP contribution is 2.21. The lowest BCUT2D eigenvalue weighted by Gasteiger charge is -2.20. The van der Waals surface area contributed by atoms with Crippen molar-refractivity contribution in [3.63, 3.8) is 0 Å². The fourth-order valence-corrected chi connectivity index (χ4v) is 2.31. The largest absolute Gasteiger partial charge is 0.466 e. The molecule has 0 aromatic heterocycles. The maximum absolute atomic E-state index is 12.4. The molecule has 0 aromatic carbocycles.